The van der Waals surface area contributed by atoms with E-state index in [1.807, 2.05) is 0 Å². The Morgan fingerprint density at radius 3 is 1.06 bits per heavy atom. The van der Waals surface area contributed by atoms with Gasteiger partial charge in [0, 0.05) is 0 Å². The van der Waals surface area contributed by atoms with E-state index in [2.05, 4.69) is 39.3 Å². The first-order chi connectivity index (χ1) is 7.04. The molecule has 4 nitrogen and oxygen atoms in total. The lowest BCUT2D eigenvalue weighted by Crippen LogP contribution is -2.61. The Kier molecular flexibility index (Phi) is 2.96. The van der Waals surface area contributed by atoms with Gasteiger partial charge >= 0.3 is 34.2 Å². The van der Waals surface area contributed by atoms with Crippen LogP contribution in [-0.2, 0) is 16.5 Å². The van der Waals surface area contributed by atoms with Crippen molar-refractivity contribution in [1.29, 1.82) is 0 Å². The van der Waals surface area contributed by atoms with E-state index in [0.717, 1.165) is 12.1 Å². The van der Waals surface area contributed by atoms with Gasteiger partial charge in [0.1, 0.15) is 0 Å². The smallest absolute Gasteiger partial charge is 0.317 e. The number of hydrogen-bond acceptors (Lipinski definition) is 4. The second-order valence-electron chi connectivity index (χ2n) is 5.98. The summed E-state index contributed by atoms with van der Waals surface area (Å²) >= 11 is 0. The maximum absolute atomic E-state index is 6.28. The molecule has 8 heteroatoms. The molecule has 0 saturated carbocycles. The number of rotatable bonds is 0. The molecular weight excluding hydrogens is 272 g/mol. The van der Waals surface area contributed by atoms with Crippen molar-refractivity contribution in [3.63, 3.8) is 0 Å². The van der Waals surface area contributed by atoms with Crippen LogP contribution in [-0.4, -0.2) is 34.2 Å². The van der Waals surface area contributed by atoms with Crippen molar-refractivity contribution in [3.8, 4) is 0 Å². The molecule has 0 radical (unpaired) electrons. The molecule has 94 valence electrons. The Morgan fingerprint density at radius 2 is 0.812 bits per heavy atom. The van der Waals surface area contributed by atoms with Crippen LogP contribution in [0.5, 0.6) is 0 Å². The number of hydrogen-bond donors (Lipinski definition) is 0. The summed E-state index contributed by atoms with van der Waals surface area (Å²) in [6.45, 7) is 12.8. The van der Waals surface area contributed by atoms with Gasteiger partial charge in [-0.25, -0.2) is 0 Å². The maximum Gasteiger partial charge on any atom is 0.317 e. The molecule has 0 aromatic rings. The van der Waals surface area contributed by atoms with Crippen molar-refractivity contribution >= 4 is 34.2 Å². The van der Waals surface area contributed by atoms with E-state index in [4.69, 9.17) is 16.5 Å². The molecule has 2 aliphatic rings. The Labute approximate surface area is 102 Å². The molecule has 0 aromatic carbocycles. The molecule has 2 aliphatic heterocycles. The Balaban J connectivity index is 2.39. The minimum Gasteiger partial charge on any atom is -0.416 e. The van der Waals surface area contributed by atoms with Crippen LogP contribution in [0, 0.1) is 0 Å². The lowest BCUT2D eigenvalue weighted by molar-refractivity contribution is 0.247. The Morgan fingerprint density at radius 1 is 0.562 bits per heavy atom. The van der Waals surface area contributed by atoms with Crippen LogP contribution in [0.25, 0.3) is 0 Å². The first kappa shape index (κ1) is 13.1. The molecule has 16 heavy (non-hydrogen) atoms. The molecule has 2 rings (SSSR count). The maximum atomic E-state index is 6.28. The van der Waals surface area contributed by atoms with Crippen molar-refractivity contribution < 1.29 is 16.5 Å². The van der Waals surface area contributed by atoms with Gasteiger partial charge in [0.05, 0.1) is 0 Å². The van der Waals surface area contributed by atoms with Gasteiger partial charge < -0.3 is 16.5 Å². The number of fused-ring (bicyclic) bond motifs is 3. The van der Waals surface area contributed by atoms with E-state index >= 15 is 0 Å². The van der Waals surface area contributed by atoms with Gasteiger partial charge in [-0.3, -0.25) is 0 Å². The van der Waals surface area contributed by atoms with E-state index in [9.17, 15) is 0 Å². The third kappa shape index (κ3) is 2.75. The molecule has 0 N–H and O–H groups in total. The molecule has 0 amide bonds. The molecule has 0 unspecified atom stereocenters. The molecule has 0 aliphatic carbocycles. The van der Waals surface area contributed by atoms with Gasteiger partial charge in [-0.15, -0.1) is 0 Å². The van der Waals surface area contributed by atoms with Gasteiger partial charge in [0.15, 0.2) is 0 Å². The van der Waals surface area contributed by atoms with Crippen molar-refractivity contribution in [2.24, 2.45) is 0 Å². The van der Waals surface area contributed by atoms with E-state index in [0.29, 0.717) is 0 Å². The van der Waals surface area contributed by atoms with Crippen LogP contribution in [0.4, 0.5) is 0 Å². The standard InChI is InChI=1S/C8H22O4Si4/c1-13(2)9-15(5)7-8-16(6,10-13)12-14(3,4)11-15/h7-8H2,1-6H3. The summed E-state index contributed by atoms with van der Waals surface area (Å²) in [4.78, 5) is 0. The normalized spacial score (nSPS) is 46.1. The van der Waals surface area contributed by atoms with Crippen molar-refractivity contribution in [3.05, 3.63) is 0 Å². The second-order valence-corrected chi connectivity index (χ2v) is 20.4. The second kappa shape index (κ2) is 3.60. The van der Waals surface area contributed by atoms with Crippen LogP contribution < -0.4 is 0 Å². The Bertz CT molecular complexity index is 260. The SMILES string of the molecule is C[Si]1(C)O[Si]2(C)CC[Si](C)(O1)O[Si](C)(C)O2. The lowest BCUT2D eigenvalue weighted by Gasteiger charge is -2.43. The fourth-order valence-corrected chi connectivity index (χ4v) is 26.9. The fourth-order valence-electron chi connectivity index (χ4n) is 2.82. The van der Waals surface area contributed by atoms with Crippen LogP contribution in [0.1, 0.15) is 0 Å². The van der Waals surface area contributed by atoms with Crippen LogP contribution in [0.2, 0.25) is 51.4 Å². The van der Waals surface area contributed by atoms with Gasteiger partial charge in [-0.1, -0.05) is 0 Å². The molecule has 2 fully saturated rings. The highest BCUT2D eigenvalue weighted by molar-refractivity contribution is 6.95. The molecule has 2 bridgehead atoms. The average molecular weight is 295 g/mol. The van der Waals surface area contributed by atoms with Gasteiger partial charge in [-0.2, -0.15) is 0 Å². The third-order valence-electron chi connectivity index (χ3n) is 2.88. The molecule has 0 atom stereocenters. The summed E-state index contributed by atoms with van der Waals surface area (Å²) in [5.41, 5.74) is 0. The third-order valence-corrected chi connectivity index (χ3v) is 20.5. The van der Waals surface area contributed by atoms with E-state index in [-0.39, 0.29) is 0 Å². The molecule has 0 aromatic heterocycles. The topological polar surface area (TPSA) is 36.9 Å². The zero-order valence-electron chi connectivity index (χ0n) is 11.0. The molecule has 0 spiro atoms. The van der Waals surface area contributed by atoms with Gasteiger partial charge in [-0.05, 0) is 51.4 Å². The summed E-state index contributed by atoms with van der Waals surface area (Å²) in [6, 6.07) is 2.06. The molecule has 2 saturated heterocycles. The Hall–Kier alpha value is 0.708. The highest BCUT2D eigenvalue weighted by Crippen LogP contribution is 2.40. The molecular formula is C8H22O4Si4. The summed E-state index contributed by atoms with van der Waals surface area (Å²) in [5.74, 6) is 0. The summed E-state index contributed by atoms with van der Waals surface area (Å²) in [5, 5.41) is 0. The van der Waals surface area contributed by atoms with E-state index in [1.165, 1.54) is 0 Å². The van der Waals surface area contributed by atoms with Crippen LogP contribution in [0.3, 0.4) is 0 Å². The van der Waals surface area contributed by atoms with Gasteiger partial charge in [0.25, 0.3) is 0 Å². The highest BCUT2D eigenvalue weighted by Gasteiger charge is 2.58. The average Bonchev–Trinajstić information content (AvgIpc) is 2.05. The highest BCUT2D eigenvalue weighted by atomic mass is 28.5. The van der Waals surface area contributed by atoms with Gasteiger partial charge in [0.2, 0.25) is 0 Å². The van der Waals surface area contributed by atoms with Crippen molar-refractivity contribution in [1.82, 2.24) is 0 Å². The fraction of sp³-hybridized carbons (Fsp3) is 1.00. The van der Waals surface area contributed by atoms with E-state index < -0.39 is 34.2 Å². The first-order valence-electron chi connectivity index (χ1n) is 5.84. The van der Waals surface area contributed by atoms with Crippen LogP contribution in [0.15, 0.2) is 0 Å². The molecule has 2 heterocycles. The zero-order valence-corrected chi connectivity index (χ0v) is 15.0. The summed E-state index contributed by atoms with van der Waals surface area (Å²) < 4.78 is 25.1. The minimum absolute atomic E-state index is 1.03. The zero-order chi connectivity index (χ0) is 12.2. The van der Waals surface area contributed by atoms with Crippen molar-refractivity contribution in [2.45, 2.75) is 51.4 Å². The predicted octanol–water partition coefficient (Wildman–Crippen LogP) is 2.63. The predicted molar refractivity (Wildman–Crippen MR) is 72.2 cm³/mol. The minimum atomic E-state index is -2.05. The first-order valence-corrected chi connectivity index (χ1v) is 16.5. The largest absolute Gasteiger partial charge is 0.416 e. The monoisotopic (exact) mass is 294 g/mol. The summed E-state index contributed by atoms with van der Waals surface area (Å²) in [7, 11) is -8.21. The van der Waals surface area contributed by atoms with Crippen LogP contribution >= 0.6 is 0 Å². The van der Waals surface area contributed by atoms with E-state index in [1.54, 1.807) is 0 Å². The lowest BCUT2D eigenvalue weighted by atomic mass is 10.9. The van der Waals surface area contributed by atoms with Crippen molar-refractivity contribution in [2.75, 3.05) is 0 Å². The summed E-state index contributed by atoms with van der Waals surface area (Å²) in [6.07, 6.45) is 0. The quantitative estimate of drug-likeness (QED) is 0.644.